The van der Waals surface area contributed by atoms with Gasteiger partial charge in [-0.2, -0.15) is 0 Å². The Hall–Kier alpha value is -2.64. The molecule has 0 bridgehead atoms. The van der Waals surface area contributed by atoms with E-state index in [4.69, 9.17) is 9.84 Å². The first-order valence-electron chi connectivity index (χ1n) is 5.88. The van der Waals surface area contributed by atoms with Crippen molar-refractivity contribution in [2.24, 2.45) is 0 Å². The highest BCUT2D eigenvalue weighted by atomic mass is 16.5. The number of urea groups is 1. The molecular formula is C12H15N3O5. The molecular weight excluding hydrogens is 266 g/mol. The smallest absolute Gasteiger partial charge is 0.339 e. The van der Waals surface area contributed by atoms with Crippen molar-refractivity contribution in [2.75, 3.05) is 6.54 Å². The number of carboxylic acid groups (broad SMARTS) is 1. The molecule has 0 aromatic carbocycles. The third-order valence-electron chi connectivity index (χ3n) is 2.26. The minimum atomic E-state index is -1.20. The number of carbonyl (C=O) groups excluding carboxylic acids is 2. The van der Waals surface area contributed by atoms with Crippen LogP contribution in [-0.2, 0) is 4.79 Å². The Morgan fingerprint density at radius 1 is 1.45 bits per heavy atom. The number of pyridine rings is 1. The second kappa shape index (κ2) is 7.07. The van der Waals surface area contributed by atoms with Crippen molar-refractivity contribution in [3.63, 3.8) is 0 Å². The number of carboxylic acids is 1. The normalized spacial score (nSPS) is 11.3. The van der Waals surface area contributed by atoms with Gasteiger partial charge in [0.2, 0.25) is 0 Å². The Morgan fingerprint density at radius 2 is 2.15 bits per heavy atom. The lowest BCUT2D eigenvalue weighted by Gasteiger charge is -2.15. The van der Waals surface area contributed by atoms with Gasteiger partial charge in [-0.3, -0.25) is 15.1 Å². The molecule has 0 fully saturated rings. The number of nitrogens with one attached hydrogen (secondary N) is 2. The fourth-order valence-electron chi connectivity index (χ4n) is 1.31. The highest BCUT2D eigenvalue weighted by molar-refractivity contribution is 5.96. The van der Waals surface area contributed by atoms with Gasteiger partial charge < -0.3 is 15.2 Å². The van der Waals surface area contributed by atoms with E-state index < -0.39 is 24.0 Å². The lowest BCUT2D eigenvalue weighted by Crippen LogP contribution is -2.45. The Balaban J connectivity index is 2.71. The number of amides is 3. The molecule has 108 valence electrons. The Morgan fingerprint density at radius 3 is 2.75 bits per heavy atom. The maximum Gasteiger partial charge on any atom is 0.339 e. The molecule has 0 aliphatic rings. The molecule has 0 aliphatic carbocycles. The largest absolute Gasteiger partial charge is 0.478 e. The minimum absolute atomic E-state index is 0.0430. The van der Waals surface area contributed by atoms with Crippen LogP contribution in [-0.4, -0.2) is 40.6 Å². The van der Waals surface area contributed by atoms with E-state index in [0.717, 1.165) is 0 Å². The topological polar surface area (TPSA) is 118 Å². The maximum absolute atomic E-state index is 11.6. The minimum Gasteiger partial charge on any atom is -0.478 e. The van der Waals surface area contributed by atoms with Gasteiger partial charge in [0.1, 0.15) is 5.56 Å². The first-order valence-corrected chi connectivity index (χ1v) is 5.88. The van der Waals surface area contributed by atoms with Crippen molar-refractivity contribution >= 4 is 17.9 Å². The number of aromatic carboxylic acids is 1. The number of hydrogen-bond donors (Lipinski definition) is 3. The van der Waals surface area contributed by atoms with E-state index in [-0.39, 0.29) is 11.3 Å². The number of ether oxygens (including phenoxy) is 1. The molecule has 1 atom stereocenters. The fourth-order valence-corrected chi connectivity index (χ4v) is 1.31. The molecule has 0 saturated carbocycles. The summed E-state index contributed by atoms with van der Waals surface area (Å²) in [5.41, 5.74) is -0.113. The Kier molecular flexibility index (Phi) is 5.45. The van der Waals surface area contributed by atoms with Crippen molar-refractivity contribution in [1.82, 2.24) is 15.6 Å². The zero-order chi connectivity index (χ0) is 15.1. The molecule has 0 saturated heterocycles. The van der Waals surface area contributed by atoms with Crippen LogP contribution in [0.15, 0.2) is 18.5 Å². The van der Waals surface area contributed by atoms with Crippen molar-refractivity contribution in [3.05, 3.63) is 24.0 Å². The number of hydrogen-bond acceptors (Lipinski definition) is 5. The van der Waals surface area contributed by atoms with Crippen LogP contribution in [0, 0.1) is 0 Å². The summed E-state index contributed by atoms with van der Waals surface area (Å²) in [4.78, 5) is 37.5. The third-order valence-corrected chi connectivity index (χ3v) is 2.26. The second-order valence-electron chi connectivity index (χ2n) is 3.79. The predicted molar refractivity (Wildman–Crippen MR) is 68.5 cm³/mol. The van der Waals surface area contributed by atoms with Gasteiger partial charge in [-0.1, -0.05) is 0 Å². The van der Waals surface area contributed by atoms with Gasteiger partial charge in [-0.25, -0.2) is 9.59 Å². The van der Waals surface area contributed by atoms with Gasteiger partial charge in [0.15, 0.2) is 11.9 Å². The van der Waals surface area contributed by atoms with Crippen molar-refractivity contribution in [3.8, 4) is 5.75 Å². The number of aromatic nitrogens is 1. The second-order valence-corrected chi connectivity index (χ2v) is 3.79. The van der Waals surface area contributed by atoms with Crippen LogP contribution in [0.25, 0.3) is 0 Å². The zero-order valence-corrected chi connectivity index (χ0v) is 11.0. The summed E-state index contributed by atoms with van der Waals surface area (Å²) >= 11 is 0. The average Bonchev–Trinajstić information content (AvgIpc) is 2.39. The molecule has 0 aliphatic heterocycles. The summed E-state index contributed by atoms with van der Waals surface area (Å²) < 4.78 is 5.21. The zero-order valence-electron chi connectivity index (χ0n) is 11.0. The van der Waals surface area contributed by atoms with Crippen LogP contribution < -0.4 is 15.4 Å². The van der Waals surface area contributed by atoms with Crippen LogP contribution >= 0.6 is 0 Å². The molecule has 0 radical (unpaired) electrons. The van der Waals surface area contributed by atoms with E-state index in [1.165, 1.54) is 25.4 Å². The van der Waals surface area contributed by atoms with Crippen molar-refractivity contribution in [1.29, 1.82) is 0 Å². The summed E-state index contributed by atoms with van der Waals surface area (Å²) in [5.74, 6) is -1.92. The van der Waals surface area contributed by atoms with Gasteiger partial charge >= 0.3 is 12.0 Å². The molecule has 1 heterocycles. The van der Waals surface area contributed by atoms with Gasteiger partial charge in [0.05, 0.1) is 6.20 Å². The van der Waals surface area contributed by atoms with Crippen LogP contribution in [0.5, 0.6) is 5.75 Å². The van der Waals surface area contributed by atoms with E-state index >= 15 is 0 Å². The first-order chi connectivity index (χ1) is 9.45. The third kappa shape index (κ3) is 4.23. The van der Waals surface area contributed by atoms with Crippen LogP contribution in [0.4, 0.5) is 4.79 Å². The number of rotatable bonds is 5. The standard InChI is InChI=1S/C12H15N3O5/c1-3-14-12(19)15-10(16)7(2)20-9-6-13-5-4-8(9)11(17)18/h4-7H,3H2,1-2H3,(H,17,18)(H2,14,15,16,19). The lowest BCUT2D eigenvalue weighted by molar-refractivity contribution is -0.126. The average molecular weight is 281 g/mol. The monoisotopic (exact) mass is 281 g/mol. The molecule has 3 amide bonds. The van der Waals surface area contributed by atoms with E-state index in [1.54, 1.807) is 6.92 Å². The highest BCUT2D eigenvalue weighted by Gasteiger charge is 2.20. The molecule has 1 aromatic rings. The van der Waals surface area contributed by atoms with E-state index in [9.17, 15) is 14.4 Å². The molecule has 1 unspecified atom stereocenters. The van der Waals surface area contributed by atoms with E-state index in [2.05, 4.69) is 15.6 Å². The van der Waals surface area contributed by atoms with Crippen LogP contribution in [0.1, 0.15) is 24.2 Å². The molecule has 1 aromatic heterocycles. The Labute approximate surface area is 115 Å². The molecule has 1 rings (SSSR count). The summed E-state index contributed by atoms with van der Waals surface area (Å²) in [6.45, 7) is 3.48. The van der Waals surface area contributed by atoms with Crippen molar-refractivity contribution in [2.45, 2.75) is 20.0 Å². The molecule has 3 N–H and O–H groups in total. The van der Waals surface area contributed by atoms with Gasteiger partial charge in [0.25, 0.3) is 5.91 Å². The van der Waals surface area contributed by atoms with E-state index in [1.807, 2.05) is 0 Å². The molecule has 8 nitrogen and oxygen atoms in total. The number of carbonyl (C=O) groups is 3. The van der Waals surface area contributed by atoms with Gasteiger partial charge in [-0.05, 0) is 19.9 Å². The molecule has 20 heavy (non-hydrogen) atoms. The van der Waals surface area contributed by atoms with Crippen molar-refractivity contribution < 1.29 is 24.2 Å². The summed E-state index contributed by atoms with van der Waals surface area (Å²) in [6, 6.07) is 0.615. The first kappa shape index (κ1) is 15.4. The van der Waals surface area contributed by atoms with Crippen LogP contribution in [0.3, 0.4) is 0 Å². The SMILES string of the molecule is CCNC(=O)NC(=O)C(C)Oc1cnccc1C(=O)O. The Bertz CT molecular complexity index is 518. The number of nitrogens with zero attached hydrogens (tertiary/aromatic N) is 1. The fraction of sp³-hybridized carbons (Fsp3) is 0.333. The molecule has 8 heteroatoms. The predicted octanol–water partition coefficient (Wildman–Crippen LogP) is 0.393. The maximum atomic E-state index is 11.6. The summed E-state index contributed by atoms with van der Waals surface area (Å²) in [7, 11) is 0. The number of imide groups is 1. The van der Waals surface area contributed by atoms with E-state index in [0.29, 0.717) is 6.54 Å². The van der Waals surface area contributed by atoms with Gasteiger partial charge in [-0.15, -0.1) is 0 Å². The summed E-state index contributed by atoms with van der Waals surface area (Å²) in [5, 5.41) is 13.4. The van der Waals surface area contributed by atoms with Crippen LogP contribution in [0.2, 0.25) is 0 Å². The lowest BCUT2D eigenvalue weighted by atomic mass is 10.2. The summed E-state index contributed by atoms with van der Waals surface area (Å²) in [6.07, 6.45) is 1.45. The highest BCUT2D eigenvalue weighted by Crippen LogP contribution is 2.17. The molecule has 0 spiro atoms. The quantitative estimate of drug-likeness (QED) is 0.718. The van der Waals surface area contributed by atoms with Gasteiger partial charge in [0, 0.05) is 12.7 Å².